The number of hydrogen-bond donors (Lipinski definition) is 1. The van der Waals surface area contributed by atoms with Crippen molar-refractivity contribution in [1.82, 2.24) is 4.98 Å². The van der Waals surface area contributed by atoms with Crippen LogP contribution in [0.2, 0.25) is 0 Å². The molecule has 1 aromatic rings. The number of aryl methyl sites for hydroxylation is 2. The minimum Gasteiger partial charge on any atom is -0.461 e. The molecule has 1 N–H and O–H groups in total. The third-order valence-electron chi connectivity index (χ3n) is 3.12. The first-order valence-electron chi connectivity index (χ1n) is 6.14. The fraction of sp³-hybridized carbons (Fsp3) is 0.571. The Balaban J connectivity index is 2.89. The average molecular weight is 251 g/mol. The van der Waals surface area contributed by atoms with Crippen LogP contribution in [0.5, 0.6) is 0 Å². The van der Waals surface area contributed by atoms with Gasteiger partial charge in [0, 0.05) is 5.69 Å². The summed E-state index contributed by atoms with van der Waals surface area (Å²) in [7, 11) is 0. The first-order valence-corrected chi connectivity index (χ1v) is 6.14. The normalized spacial score (nSPS) is 11.4. The maximum atomic E-state index is 11.9. The minimum absolute atomic E-state index is 0.0684. The van der Waals surface area contributed by atoms with Gasteiger partial charge in [0.1, 0.15) is 5.56 Å². The van der Waals surface area contributed by atoms with Gasteiger partial charge in [0.2, 0.25) is 0 Å². The molecule has 0 amide bonds. The number of hydrogen-bond acceptors (Lipinski definition) is 3. The number of nitrogens with one attached hydrogen (secondary N) is 1. The van der Waals surface area contributed by atoms with Crippen molar-refractivity contribution >= 4 is 5.97 Å². The van der Waals surface area contributed by atoms with Crippen LogP contribution in [0.4, 0.5) is 0 Å². The second-order valence-electron chi connectivity index (χ2n) is 5.43. The highest BCUT2D eigenvalue weighted by Crippen LogP contribution is 2.20. The quantitative estimate of drug-likeness (QED) is 0.837. The number of carbonyl (C=O) groups excluding carboxylic acids is 1. The summed E-state index contributed by atoms with van der Waals surface area (Å²) in [6.07, 6.45) is 0.906. The minimum atomic E-state index is -0.546. The van der Waals surface area contributed by atoms with Gasteiger partial charge in [-0.2, -0.15) is 0 Å². The molecule has 0 saturated carbocycles. The highest BCUT2D eigenvalue weighted by atomic mass is 16.5. The summed E-state index contributed by atoms with van der Waals surface area (Å²) in [5.41, 5.74) is 1.04. The van der Waals surface area contributed by atoms with Gasteiger partial charge in [0.05, 0.1) is 6.61 Å². The van der Waals surface area contributed by atoms with E-state index in [1.165, 1.54) is 0 Å². The van der Waals surface area contributed by atoms with Gasteiger partial charge in [-0.1, -0.05) is 20.8 Å². The summed E-state index contributed by atoms with van der Waals surface area (Å²) in [5, 5.41) is 0. The number of rotatable bonds is 4. The Morgan fingerprint density at radius 2 is 2.00 bits per heavy atom. The molecule has 0 saturated heterocycles. The van der Waals surface area contributed by atoms with Crippen molar-refractivity contribution < 1.29 is 9.53 Å². The Kier molecular flexibility index (Phi) is 4.33. The highest BCUT2D eigenvalue weighted by molar-refractivity contribution is 5.90. The van der Waals surface area contributed by atoms with Crippen LogP contribution in [-0.4, -0.2) is 17.6 Å². The van der Waals surface area contributed by atoms with E-state index < -0.39 is 5.97 Å². The van der Waals surface area contributed by atoms with E-state index in [-0.39, 0.29) is 16.5 Å². The Morgan fingerprint density at radius 3 is 2.50 bits per heavy atom. The Morgan fingerprint density at radius 1 is 1.39 bits per heavy atom. The monoisotopic (exact) mass is 251 g/mol. The lowest BCUT2D eigenvalue weighted by Crippen LogP contribution is -2.26. The van der Waals surface area contributed by atoms with Gasteiger partial charge in [0.25, 0.3) is 5.56 Å². The SMILES string of the molecule is CCC(C)(C)COC(=O)c1c(C)cc(C)[nH]c1=O. The van der Waals surface area contributed by atoms with Crippen molar-refractivity contribution in [1.29, 1.82) is 0 Å². The van der Waals surface area contributed by atoms with Gasteiger partial charge >= 0.3 is 5.97 Å². The van der Waals surface area contributed by atoms with Crippen LogP contribution in [0.25, 0.3) is 0 Å². The molecule has 1 heterocycles. The van der Waals surface area contributed by atoms with Gasteiger partial charge in [-0.3, -0.25) is 4.79 Å². The summed E-state index contributed by atoms with van der Waals surface area (Å²) in [6, 6.07) is 1.77. The molecule has 0 fully saturated rings. The summed E-state index contributed by atoms with van der Waals surface area (Å²) >= 11 is 0. The molecular weight excluding hydrogens is 230 g/mol. The maximum absolute atomic E-state index is 11.9. The molecule has 0 aliphatic heterocycles. The zero-order chi connectivity index (χ0) is 13.9. The number of aromatic amines is 1. The fourth-order valence-corrected chi connectivity index (χ4v) is 1.54. The Labute approximate surface area is 107 Å². The molecule has 4 heteroatoms. The lowest BCUT2D eigenvalue weighted by molar-refractivity contribution is 0.0332. The number of carbonyl (C=O) groups is 1. The second kappa shape index (κ2) is 5.38. The van der Waals surface area contributed by atoms with Crippen LogP contribution in [0.15, 0.2) is 10.9 Å². The van der Waals surface area contributed by atoms with Crippen molar-refractivity contribution in [3.8, 4) is 0 Å². The molecule has 0 spiro atoms. The molecule has 4 nitrogen and oxygen atoms in total. The number of pyridine rings is 1. The van der Waals surface area contributed by atoms with Gasteiger partial charge < -0.3 is 9.72 Å². The van der Waals surface area contributed by atoms with E-state index in [0.29, 0.717) is 12.2 Å². The zero-order valence-electron chi connectivity index (χ0n) is 11.7. The van der Waals surface area contributed by atoms with E-state index in [9.17, 15) is 9.59 Å². The average Bonchev–Trinajstić information content (AvgIpc) is 2.25. The van der Waals surface area contributed by atoms with E-state index in [2.05, 4.69) is 4.98 Å². The topological polar surface area (TPSA) is 59.2 Å². The molecule has 0 aliphatic carbocycles. The van der Waals surface area contributed by atoms with E-state index in [4.69, 9.17) is 4.74 Å². The van der Waals surface area contributed by atoms with Crippen LogP contribution >= 0.6 is 0 Å². The third kappa shape index (κ3) is 3.45. The standard InChI is InChI=1S/C14H21NO3/c1-6-14(4,5)8-18-13(17)11-9(2)7-10(3)15-12(11)16/h7H,6,8H2,1-5H3,(H,15,16). The number of H-pyrrole nitrogens is 1. The molecule has 0 aromatic carbocycles. The summed E-state index contributed by atoms with van der Waals surface area (Å²) in [4.78, 5) is 26.3. The lowest BCUT2D eigenvalue weighted by Gasteiger charge is -2.21. The zero-order valence-corrected chi connectivity index (χ0v) is 11.7. The van der Waals surface area contributed by atoms with Crippen LogP contribution in [-0.2, 0) is 4.74 Å². The molecule has 18 heavy (non-hydrogen) atoms. The predicted octanol–water partition coefficient (Wildman–Crippen LogP) is 2.58. The highest BCUT2D eigenvalue weighted by Gasteiger charge is 2.21. The van der Waals surface area contributed by atoms with Gasteiger partial charge in [-0.05, 0) is 37.3 Å². The molecule has 1 aromatic heterocycles. The second-order valence-corrected chi connectivity index (χ2v) is 5.43. The van der Waals surface area contributed by atoms with E-state index in [1.54, 1.807) is 19.9 Å². The van der Waals surface area contributed by atoms with Gasteiger partial charge in [-0.15, -0.1) is 0 Å². The van der Waals surface area contributed by atoms with Crippen LogP contribution < -0.4 is 5.56 Å². The lowest BCUT2D eigenvalue weighted by atomic mass is 9.92. The molecular formula is C14H21NO3. The molecule has 0 bridgehead atoms. The van der Waals surface area contributed by atoms with E-state index >= 15 is 0 Å². The van der Waals surface area contributed by atoms with Crippen LogP contribution in [0, 0.1) is 19.3 Å². The number of aromatic nitrogens is 1. The summed E-state index contributed by atoms with van der Waals surface area (Å²) in [5.74, 6) is -0.546. The fourth-order valence-electron chi connectivity index (χ4n) is 1.54. The summed E-state index contributed by atoms with van der Waals surface area (Å²) in [6.45, 7) is 9.92. The van der Waals surface area contributed by atoms with Crippen molar-refractivity contribution in [3.63, 3.8) is 0 Å². The number of ether oxygens (including phenoxy) is 1. The van der Waals surface area contributed by atoms with Crippen molar-refractivity contribution in [2.75, 3.05) is 6.61 Å². The van der Waals surface area contributed by atoms with Gasteiger partial charge in [0.15, 0.2) is 0 Å². The predicted molar refractivity (Wildman–Crippen MR) is 70.9 cm³/mol. The molecule has 100 valence electrons. The van der Waals surface area contributed by atoms with E-state index in [1.807, 2.05) is 20.8 Å². The first-order chi connectivity index (χ1) is 8.26. The van der Waals surface area contributed by atoms with Crippen molar-refractivity contribution in [3.05, 3.63) is 33.2 Å². The smallest absolute Gasteiger partial charge is 0.344 e. The van der Waals surface area contributed by atoms with Crippen LogP contribution in [0.3, 0.4) is 0 Å². The van der Waals surface area contributed by atoms with Crippen LogP contribution in [0.1, 0.15) is 48.8 Å². The van der Waals surface area contributed by atoms with Crippen molar-refractivity contribution in [2.45, 2.75) is 41.0 Å². The Bertz CT molecular complexity index is 500. The molecule has 0 radical (unpaired) electrons. The Hall–Kier alpha value is -1.58. The summed E-state index contributed by atoms with van der Waals surface area (Å²) < 4.78 is 5.23. The van der Waals surface area contributed by atoms with Gasteiger partial charge in [-0.25, -0.2) is 4.79 Å². The first kappa shape index (κ1) is 14.5. The molecule has 0 aliphatic rings. The van der Waals surface area contributed by atoms with E-state index in [0.717, 1.165) is 12.1 Å². The number of esters is 1. The third-order valence-corrected chi connectivity index (χ3v) is 3.12. The molecule has 1 rings (SSSR count). The largest absolute Gasteiger partial charge is 0.461 e. The van der Waals surface area contributed by atoms with Crippen molar-refractivity contribution in [2.24, 2.45) is 5.41 Å². The molecule has 0 atom stereocenters. The maximum Gasteiger partial charge on any atom is 0.344 e. The molecule has 0 unspecified atom stereocenters.